The van der Waals surface area contributed by atoms with E-state index in [0.29, 0.717) is 6.41 Å². The van der Waals surface area contributed by atoms with Gasteiger partial charge in [0.15, 0.2) is 5.13 Å². The SMILES string of the molecule is O=CNc1nc(C(=NOCCNC(=O)c2cc(Cl)ccc2O)C(=O)O)cs1. The molecule has 0 radical (unpaired) electrons. The first-order chi connectivity index (χ1) is 12.9. The third-order valence-corrected chi connectivity index (χ3v) is 3.98. The first kappa shape index (κ1) is 20.1. The monoisotopic (exact) mass is 412 g/mol. The van der Waals surface area contributed by atoms with E-state index in [2.05, 4.69) is 20.8 Å². The van der Waals surface area contributed by atoms with Crippen LogP contribution in [-0.2, 0) is 14.4 Å². The lowest BCUT2D eigenvalue weighted by Gasteiger charge is -2.07. The fourth-order valence-electron chi connectivity index (χ4n) is 1.80. The molecule has 0 saturated carbocycles. The van der Waals surface area contributed by atoms with Gasteiger partial charge in [-0.25, -0.2) is 9.78 Å². The second-order valence-electron chi connectivity index (χ2n) is 4.80. The fraction of sp³-hybridized carbons (Fsp3) is 0.133. The van der Waals surface area contributed by atoms with Crippen LogP contribution in [0.1, 0.15) is 16.1 Å². The Bertz CT molecular complexity index is 885. The van der Waals surface area contributed by atoms with Gasteiger partial charge in [-0.05, 0) is 18.2 Å². The van der Waals surface area contributed by atoms with Gasteiger partial charge < -0.3 is 25.7 Å². The van der Waals surface area contributed by atoms with E-state index in [-0.39, 0.29) is 40.3 Å². The van der Waals surface area contributed by atoms with Crippen molar-refractivity contribution in [3.8, 4) is 5.75 Å². The Balaban J connectivity index is 1.90. The minimum atomic E-state index is -1.37. The van der Waals surface area contributed by atoms with E-state index in [0.717, 1.165) is 11.3 Å². The zero-order chi connectivity index (χ0) is 19.8. The van der Waals surface area contributed by atoms with Crippen LogP contribution in [0, 0.1) is 0 Å². The molecule has 0 bridgehead atoms. The lowest BCUT2D eigenvalue weighted by atomic mass is 10.2. The van der Waals surface area contributed by atoms with Gasteiger partial charge in [0.05, 0.1) is 12.1 Å². The van der Waals surface area contributed by atoms with Crippen molar-refractivity contribution in [1.29, 1.82) is 0 Å². The van der Waals surface area contributed by atoms with Crippen molar-refractivity contribution in [2.75, 3.05) is 18.5 Å². The lowest BCUT2D eigenvalue weighted by Crippen LogP contribution is -2.27. The number of nitrogens with one attached hydrogen (secondary N) is 2. The molecular formula is C15H13ClN4O6S. The van der Waals surface area contributed by atoms with Crippen molar-refractivity contribution >= 4 is 52.1 Å². The van der Waals surface area contributed by atoms with Crippen LogP contribution in [0.25, 0.3) is 0 Å². The number of aromatic nitrogens is 1. The number of oxime groups is 1. The average Bonchev–Trinajstić information content (AvgIpc) is 3.08. The first-order valence-corrected chi connectivity index (χ1v) is 8.54. The highest BCUT2D eigenvalue weighted by Crippen LogP contribution is 2.21. The molecule has 0 aliphatic heterocycles. The van der Waals surface area contributed by atoms with Crippen LogP contribution in [0.5, 0.6) is 5.75 Å². The van der Waals surface area contributed by atoms with Crippen molar-refractivity contribution < 1.29 is 29.4 Å². The average molecular weight is 413 g/mol. The number of aromatic hydroxyl groups is 1. The molecule has 1 aromatic carbocycles. The molecule has 2 amide bonds. The zero-order valence-corrected chi connectivity index (χ0v) is 15.1. The van der Waals surface area contributed by atoms with Gasteiger partial charge in [0, 0.05) is 10.4 Å². The molecule has 2 aromatic rings. The summed E-state index contributed by atoms with van der Waals surface area (Å²) in [7, 11) is 0. The summed E-state index contributed by atoms with van der Waals surface area (Å²) < 4.78 is 0. The number of carboxylic acids is 1. The number of hydrogen-bond acceptors (Lipinski definition) is 8. The number of anilines is 1. The number of amides is 2. The normalized spacial score (nSPS) is 10.9. The molecule has 0 aliphatic carbocycles. The Hall–Kier alpha value is -3.18. The summed E-state index contributed by atoms with van der Waals surface area (Å²) in [5.41, 5.74) is -0.441. The van der Waals surface area contributed by atoms with Crippen molar-refractivity contribution in [1.82, 2.24) is 10.3 Å². The van der Waals surface area contributed by atoms with E-state index in [1.807, 2.05) is 0 Å². The molecule has 27 heavy (non-hydrogen) atoms. The van der Waals surface area contributed by atoms with Gasteiger partial charge >= 0.3 is 5.97 Å². The molecule has 0 aliphatic rings. The number of carbonyl (C=O) groups is 3. The Morgan fingerprint density at radius 2 is 2.19 bits per heavy atom. The molecule has 2 rings (SSSR count). The van der Waals surface area contributed by atoms with Crippen molar-refractivity contribution in [3.05, 3.63) is 39.9 Å². The predicted molar refractivity (Wildman–Crippen MR) is 97.4 cm³/mol. The minimum absolute atomic E-state index is 0.00377. The van der Waals surface area contributed by atoms with Gasteiger partial charge in [0.25, 0.3) is 5.91 Å². The summed E-state index contributed by atoms with van der Waals surface area (Å²) in [5, 5.41) is 29.0. The molecule has 1 heterocycles. The summed E-state index contributed by atoms with van der Waals surface area (Å²) >= 11 is 6.79. The van der Waals surface area contributed by atoms with Crippen LogP contribution >= 0.6 is 22.9 Å². The van der Waals surface area contributed by atoms with Gasteiger partial charge in [-0.3, -0.25) is 9.59 Å². The number of rotatable bonds is 9. The highest BCUT2D eigenvalue weighted by molar-refractivity contribution is 7.14. The van der Waals surface area contributed by atoms with Gasteiger partial charge in [-0.1, -0.05) is 16.8 Å². The largest absolute Gasteiger partial charge is 0.507 e. The van der Waals surface area contributed by atoms with E-state index < -0.39 is 17.6 Å². The van der Waals surface area contributed by atoms with Gasteiger partial charge in [0.1, 0.15) is 18.1 Å². The van der Waals surface area contributed by atoms with Crippen molar-refractivity contribution in [3.63, 3.8) is 0 Å². The highest BCUT2D eigenvalue weighted by atomic mass is 35.5. The first-order valence-electron chi connectivity index (χ1n) is 7.28. The summed E-state index contributed by atoms with van der Waals surface area (Å²) in [6, 6.07) is 4.03. The van der Waals surface area contributed by atoms with E-state index in [9.17, 15) is 19.5 Å². The summed E-state index contributed by atoms with van der Waals surface area (Å²) in [4.78, 5) is 42.3. The molecule has 142 valence electrons. The molecule has 0 spiro atoms. The standard InChI is InChI=1S/C15H13ClN4O6S/c16-8-1-2-11(22)9(5-8)13(23)17-3-4-26-20-12(14(24)25)10-6-27-15(19-10)18-7-21/h1-2,5-7,22H,3-4H2,(H,17,23)(H,24,25)(H,18,19,21). The van der Waals surface area contributed by atoms with E-state index in [1.165, 1.54) is 23.6 Å². The van der Waals surface area contributed by atoms with E-state index in [1.54, 1.807) is 0 Å². The lowest BCUT2D eigenvalue weighted by molar-refractivity contribution is -0.129. The number of aliphatic carboxylic acids is 1. The van der Waals surface area contributed by atoms with Crippen molar-refractivity contribution in [2.24, 2.45) is 5.16 Å². The van der Waals surface area contributed by atoms with Crippen LogP contribution in [0.2, 0.25) is 5.02 Å². The second-order valence-corrected chi connectivity index (χ2v) is 6.09. The summed E-state index contributed by atoms with van der Waals surface area (Å²) in [6.45, 7) is -0.135. The summed E-state index contributed by atoms with van der Waals surface area (Å²) in [5.74, 6) is -2.18. The quantitative estimate of drug-likeness (QED) is 0.210. The number of phenols is 1. The minimum Gasteiger partial charge on any atom is -0.507 e. The van der Waals surface area contributed by atoms with Gasteiger partial charge in [0.2, 0.25) is 12.1 Å². The maximum atomic E-state index is 11.9. The van der Waals surface area contributed by atoms with Crippen LogP contribution in [0.3, 0.4) is 0 Å². The predicted octanol–water partition coefficient (Wildman–Crippen LogP) is 1.31. The van der Waals surface area contributed by atoms with Gasteiger partial charge in [-0.15, -0.1) is 11.3 Å². The maximum Gasteiger partial charge on any atom is 0.360 e. The molecule has 12 heteroatoms. The molecule has 0 fully saturated rings. The number of nitrogens with zero attached hydrogens (tertiary/aromatic N) is 2. The molecular weight excluding hydrogens is 400 g/mol. The maximum absolute atomic E-state index is 11.9. The number of thiazole rings is 1. The number of benzene rings is 1. The third kappa shape index (κ3) is 5.66. The summed E-state index contributed by atoms with van der Waals surface area (Å²) in [6.07, 6.45) is 0.414. The molecule has 10 nitrogen and oxygen atoms in total. The molecule has 0 saturated heterocycles. The molecule has 0 atom stereocenters. The number of carbonyl (C=O) groups excluding carboxylic acids is 2. The highest BCUT2D eigenvalue weighted by Gasteiger charge is 2.17. The van der Waals surface area contributed by atoms with Crippen LogP contribution < -0.4 is 10.6 Å². The zero-order valence-electron chi connectivity index (χ0n) is 13.5. The van der Waals surface area contributed by atoms with Crippen LogP contribution in [0.4, 0.5) is 5.13 Å². The van der Waals surface area contributed by atoms with E-state index >= 15 is 0 Å². The van der Waals surface area contributed by atoms with E-state index in [4.69, 9.17) is 21.5 Å². The van der Waals surface area contributed by atoms with Gasteiger partial charge in [-0.2, -0.15) is 0 Å². The number of carboxylic acid groups (broad SMARTS) is 1. The molecule has 0 unspecified atom stereocenters. The Kier molecular flexibility index (Phi) is 7.08. The topological polar surface area (TPSA) is 150 Å². The van der Waals surface area contributed by atoms with Crippen molar-refractivity contribution in [2.45, 2.75) is 0 Å². The Morgan fingerprint density at radius 3 is 2.89 bits per heavy atom. The number of halogens is 1. The third-order valence-electron chi connectivity index (χ3n) is 2.97. The van der Waals surface area contributed by atoms with Crippen LogP contribution in [0.15, 0.2) is 28.7 Å². The fourth-order valence-corrected chi connectivity index (χ4v) is 2.63. The smallest absolute Gasteiger partial charge is 0.360 e. The van der Waals surface area contributed by atoms with Crippen LogP contribution in [-0.4, -0.2) is 52.3 Å². The Labute approximate surface area is 161 Å². The number of hydrogen-bond donors (Lipinski definition) is 4. The molecule has 1 aromatic heterocycles. The Morgan fingerprint density at radius 1 is 1.41 bits per heavy atom. The molecule has 4 N–H and O–H groups in total. The second kappa shape index (κ2) is 9.50. The number of phenolic OH excluding ortho intramolecular Hbond substituents is 1.